The Bertz CT molecular complexity index is 1400. The molecule has 1 fully saturated rings. The number of rotatable bonds is 4. The first kappa shape index (κ1) is 21.9. The number of nitrogens with zero attached hydrogens (tertiary/aromatic N) is 4. The van der Waals surface area contributed by atoms with Gasteiger partial charge in [0.05, 0.1) is 34.7 Å². The Balaban J connectivity index is 1.38. The second kappa shape index (κ2) is 8.58. The first-order valence-corrected chi connectivity index (χ1v) is 11.7. The number of piperazine rings is 1. The van der Waals surface area contributed by atoms with Gasteiger partial charge in [-0.3, -0.25) is 10.1 Å². The minimum atomic E-state index is -0.643. The zero-order valence-electron chi connectivity index (χ0n) is 19.6. The zero-order valence-corrected chi connectivity index (χ0v) is 19.6. The number of likely N-dealkylation sites (N-methyl/N-ethyl adjacent to an activating group) is 1. The van der Waals surface area contributed by atoms with Gasteiger partial charge < -0.3 is 19.9 Å². The number of pyridine rings is 1. The summed E-state index contributed by atoms with van der Waals surface area (Å²) >= 11 is 0. The largest absolute Gasteiger partial charge is 0.489 e. The van der Waals surface area contributed by atoms with Crippen LogP contribution < -0.4 is 15.0 Å². The number of hydrogen-bond acceptors (Lipinski definition) is 6. The van der Waals surface area contributed by atoms with Crippen LogP contribution in [0.3, 0.4) is 0 Å². The van der Waals surface area contributed by atoms with Crippen molar-refractivity contribution in [1.29, 1.82) is 0 Å². The molecule has 0 radical (unpaired) electrons. The topological polar surface area (TPSA) is 69.3 Å². The Morgan fingerprint density at radius 2 is 1.97 bits per heavy atom. The molecule has 1 saturated heterocycles. The minimum absolute atomic E-state index is 0.145. The van der Waals surface area contributed by atoms with Crippen molar-refractivity contribution in [2.24, 2.45) is 0 Å². The van der Waals surface area contributed by atoms with Gasteiger partial charge in [0.25, 0.3) is 0 Å². The number of ether oxygens (including phenoxy) is 1. The van der Waals surface area contributed by atoms with E-state index in [-0.39, 0.29) is 11.3 Å². The van der Waals surface area contributed by atoms with Crippen molar-refractivity contribution in [3.8, 4) is 28.3 Å². The second-order valence-corrected chi connectivity index (χ2v) is 9.26. The smallest absolute Gasteiger partial charge is 0.143 e. The van der Waals surface area contributed by atoms with Gasteiger partial charge in [0.2, 0.25) is 0 Å². The first-order chi connectivity index (χ1) is 17.0. The van der Waals surface area contributed by atoms with E-state index in [2.05, 4.69) is 43.4 Å². The molecule has 35 heavy (non-hydrogen) atoms. The third-order valence-corrected chi connectivity index (χ3v) is 6.85. The predicted molar refractivity (Wildman–Crippen MR) is 132 cm³/mol. The molecule has 0 spiro atoms. The molecule has 7 nitrogen and oxygen atoms in total. The Morgan fingerprint density at radius 3 is 2.77 bits per heavy atom. The Labute approximate surface area is 201 Å². The fourth-order valence-corrected chi connectivity index (χ4v) is 5.12. The van der Waals surface area contributed by atoms with Crippen LogP contribution >= 0.6 is 0 Å². The van der Waals surface area contributed by atoms with E-state index in [1.807, 2.05) is 12.1 Å². The third kappa shape index (κ3) is 3.81. The maximum atomic E-state index is 14.9. The van der Waals surface area contributed by atoms with E-state index in [9.17, 15) is 8.78 Å². The lowest BCUT2D eigenvalue weighted by Gasteiger charge is -2.44. The van der Waals surface area contributed by atoms with Crippen LogP contribution in [-0.2, 0) is 6.54 Å². The third-order valence-electron chi connectivity index (χ3n) is 6.85. The lowest BCUT2D eigenvalue weighted by molar-refractivity contribution is 0.188. The number of nitrogens with one attached hydrogen (secondary N) is 2. The second-order valence-electron chi connectivity index (χ2n) is 9.26. The number of anilines is 1. The molecular formula is C26H26F2N6O. The van der Waals surface area contributed by atoms with Crippen molar-refractivity contribution >= 4 is 16.6 Å². The molecule has 1 unspecified atom stereocenters. The molecule has 0 saturated carbocycles. The Kier molecular flexibility index (Phi) is 5.38. The highest BCUT2D eigenvalue weighted by Crippen LogP contribution is 2.39. The van der Waals surface area contributed by atoms with E-state index in [4.69, 9.17) is 4.74 Å². The van der Waals surface area contributed by atoms with Crippen molar-refractivity contribution in [2.45, 2.75) is 12.6 Å². The molecule has 2 aromatic heterocycles. The molecule has 4 heterocycles. The average Bonchev–Trinajstić information content (AvgIpc) is 3.26. The van der Waals surface area contributed by atoms with Crippen molar-refractivity contribution < 1.29 is 13.5 Å². The molecule has 0 amide bonds. The molecule has 6 rings (SSSR count). The number of aromatic amines is 1. The van der Waals surface area contributed by atoms with E-state index >= 15 is 0 Å². The van der Waals surface area contributed by atoms with Crippen molar-refractivity contribution in [3.63, 3.8) is 0 Å². The molecular weight excluding hydrogens is 450 g/mol. The van der Waals surface area contributed by atoms with Crippen LogP contribution in [0.2, 0.25) is 0 Å². The van der Waals surface area contributed by atoms with Crippen LogP contribution in [0.5, 0.6) is 5.75 Å². The van der Waals surface area contributed by atoms with Crippen LogP contribution in [0.15, 0.2) is 42.6 Å². The zero-order chi connectivity index (χ0) is 24.1. The molecule has 180 valence electrons. The maximum Gasteiger partial charge on any atom is 0.143 e. The number of fused-ring (bicyclic) bond motifs is 4. The molecule has 2 aliphatic heterocycles. The molecule has 2 aromatic carbocycles. The standard InChI is InChI=1S/C26H26F2N6O/c1-29-11-15-7-19(27)25(20(28)8-15)21-10-18-22(12-30-21)31-32-26(18)16-3-4-23-24(9-16)35-14-17-13-33(2)5-6-34(17)23/h3-4,7-10,12,17,29H,5-6,11,13-14H2,1-2H3,(H,31,32). The Morgan fingerprint density at radius 1 is 1.14 bits per heavy atom. The highest BCUT2D eigenvalue weighted by molar-refractivity contribution is 5.95. The summed E-state index contributed by atoms with van der Waals surface area (Å²) in [5.41, 5.74) is 3.94. The summed E-state index contributed by atoms with van der Waals surface area (Å²) in [5, 5.41) is 11.1. The van der Waals surface area contributed by atoms with Crippen molar-refractivity contribution in [1.82, 2.24) is 25.4 Å². The van der Waals surface area contributed by atoms with Crippen molar-refractivity contribution in [3.05, 3.63) is 59.8 Å². The highest BCUT2D eigenvalue weighted by Gasteiger charge is 2.32. The van der Waals surface area contributed by atoms with Gasteiger partial charge in [0, 0.05) is 37.1 Å². The summed E-state index contributed by atoms with van der Waals surface area (Å²) in [5.74, 6) is -0.460. The summed E-state index contributed by atoms with van der Waals surface area (Å²) < 4.78 is 35.9. The molecule has 2 N–H and O–H groups in total. The molecule has 0 aliphatic carbocycles. The van der Waals surface area contributed by atoms with Crippen LogP contribution in [0.1, 0.15) is 5.56 Å². The Hall–Kier alpha value is -3.56. The normalized spacial score (nSPS) is 17.8. The number of H-pyrrole nitrogens is 1. The van der Waals surface area contributed by atoms with Gasteiger partial charge in [0.15, 0.2) is 0 Å². The molecule has 9 heteroatoms. The monoisotopic (exact) mass is 476 g/mol. The summed E-state index contributed by atoms with van der Waals surface area (Å²) in [4.78, 5) is 9.04. The van der Waals surface area contributed by atoms with E-state index in [0.29, 0.717) is 36.0 Å². The van der Waals surface area contributed by atoms with Crippen LogP contribution in [-0.4, -0.2) is 66.5 Å². The highest BCUT2D eigenvalue weighted by atomic mass is 19.1. The quantitative estimate of drug-likeness (QED) is 0.467. The number of halogens is 2. The van der Waals surface area contributed by atoms with Crippen LogP contribution in [0, 0.1) is 11.6 Å². The number of hydrogen-bond donors (Lipinski definition) is 2. The molecule has 2 aliphatic rings. The first-order valence-electron chi connectivity index (χ1n) is 11.7. The van der Waals surface area contributed by atoms with Gasteiger partial charge >= 0.3 is 0 Å². The fourth-order valence-electron chi connectivity index (χ4n) is 5.12. The van der Waals surface area contributed by atoms with Gasteiger partial charge in [0.1, 0.15) is 29.7 Å². The predicted octanol–water partition coefficient (Wildman–Crippen LogP) is 3.80. The van der Waals surface area contributed by atoms with Crippen molar-refractivity contribution in [2.75, 3.05) is 45.2 Å². The molecule has 4 aromatic rings. The number of benzene rings is 2. The van der Waals surface area contributed by atoms with Gasteiger partial charge in [-0.25, -0.2) is 8.78 Å². The fraction of sp³-hybridized carbons (Fsp3) is 0.308. The van der Waals surface area contributed by atoms with Gasteiger partial charge in [-0.2, -0.15) is 5.10 Å². The molecule has 1 atom stereocenters. The maximum absolute atomic E-state index is 14.9. The van der Waals surface area contributed by atoms with E-state index in [1.54, 1.807) is 19.3 Å². The summed E-state index contributed by atoms with van der Waals surface area (Å²) in [6, 6.07) is 10.8. The summed E-state index contributed by atoms with van der Waals surface area (Å²) in [6.07, 6.45) is 1.56. The van der Waals surface area contributed by atoms with E-state index in [1.165, 1.54) is 12.1 Å². The van der Waals surface area contributed by atoms with Gasteiger partial charge in [-0.1, -0.05) is 6.07 Å². The van der Waals surface area contributed by atoms with E-state index in [0.717, 1.165) is 42.0 Å². The van der Waals surface area contributed by atoms with Gasteiger partial charge in [-0.15, -0.1) is 0 Å². The summed E-state index contributed by atoms with van der Waals surface area (Å²) in [7, 11) is 3.87. The van der Waals surface area contributed by atoms with Crippen LogP contribution in [0.4, 0.5) is 14.5 Å². The lowest BCUT2D eigenvalue weighted by atomic mass is 10.0. The van der Waals surface area contributed by atoms with Crippen LogP contribution in [0.25, 0.3) is 33.4 Å². The van der Waals surface area contributed by atoms with E-state index < -0.39 is 11.6 Å². The SMILES string of the molecule is CNCc1cc(F)c(-c2cc3c(-c4ccc5c(c4)OCC4CN(C)CCN54)n[nH]c3cn2)c(F)c1. The minimum Gasteiger partial charge on any atom is -0.489 e. The summed E-state index contributed by atoms with van der Waals surface area (Å²) in [6.45, 7) is 3.96. The lowest BCUT2D eigenvalue weighted by Crippen LogP contribution is -2.56. The average molecular weight is 477 g/mol. The number of aromatic nitrogens is 3. The molecule has 0 bridgehead atoms. The van der Waals surface area contributed by atoms with Gasteiger partial charge in [-0.05, 0) is 50.0 Å².